The van der Waals surface area contributed by atoms with E-state index in [9.17, 15) is 4.79 Å². The minimum Gasteiger partial charge on any atom is -0.336 e. The van der Waals surface area contributed by atoms with Crippen molar-refractivity contribution in [3.8, 4) is 0 Å². The summed E-state index contributed by atoms with van der Waals surface area (Å²) in [5.41, 5.74) is 0.270. The van der Waals surface area contributed by atoms with E-state index in [-0.39, 0.29) is 11.3 Å². The highest BCUT2D eigenvalue weighted by atomic mass is 35.5. The Morgan fingerprint density at radius 2 is 2.00 bits per heavy atom. The minimum absolute atomic E-state index is 0.218. The molecule has 0 aliphatic heterocycles. The van der Waals surface area contributed by atoms with Gasteiger partial charge in [0.05, 0.1) is 16.0 Å². The summed E-state index contributed by atoms with van der Waals surface area (Å²) in [6.07, 6.45) is 0. The van der Waals surface area contributed by atoms with E-state index in [0.717, 1.165) is 0 Å². The van der Waals surface area contributed by atoms with E-state index in [0.29, 0.717) is 26.7 Å². The second-order valence-corrected chi connectivity index (χ2v) is 8.45. The number of nitrogens with one attached hydrogen (secondary N) is 1. The van der Waals surface area contributed by atoms with Gasteiger partial charge in [-0.05, 0) is 25.1 Å². The van der Waals surface area contributed by atoms with Gasteiger partial charge in [-0.3, -0.25) is 4.79 Å². The number of nitrogen functional groups attached to an aromatic ring is 1. The zero-order valence-corrected chi connectivity index (χ0v) is 16.1. The van der Waals surface area contributed by atoms with Gasteiger partial charge in [-0.25, -0.2) is 4.68 Å². The van der Waals surface area contributed by atoms with Crippen molar-refractivity contribution < 1.29 is 4.79 Å². The van der Waals surface area contributed by atoms with Crippen LogP contribution in [0.2, 0.25) is 10.0 Å². The summed E-state index contributed by atoms with van der Waals surface area (Å²) in [4.78, 5) is 12.3. The van der Waals surface area contributed by atoms with Gasteiger partial charge in [0, 0.05) is 10.4 Å². The molecule has 1 unspecified atom stereocenters. The van der Waals surface area contributed by atoms with Crippen molar-refractivity contribution in [3.63, 3.8) is 0 Å². The number of anilines is 1. The molecule has 2 aromatic rings. The first-order valence-electron chi connectivity index (χ1n) is 7.23. The van der Waals surface area contributed by atoms with Crippen LogP contribution in [0.3, 0.4) is 0 Å². The van der Waals surface area contributed by atoms with Crippen molar-refractivity contribution in [2.45, 2.75) is 43.5 Å². The lowest BCUT2D eigenvalue weighted by molar-refractivity contribution is -0.115. The Kier molecular flexibility index (Phi) is 5.67. The average Bonchev–Trinajstić information content (AvgIpc) is 2.83. The van der Waals surface area contributed by atoms with E-state index in [2.05, 4.69) is 15.5 Å². The number of benzene rings is 1. The minimum atomic E-state index is -0.434. The molecule has 1 atom stereocenters. The fraction of sp³-hybridized carbons (Fsp3) is 0.400. The highest BCUT2D eigenvalue weighted by molar-refractivity contribution is 8.00. The summed E-state index contributed by atoms with van der Waals surface area (Å²) in [5.74, 6) is 6.47. The largest absolute Gasteiger partial charge is 0.336 e. The standard InChI is InChI=1S/C15H19Cl2N5OS/c1-8(12(23)19-11-6-5-9(16)7-10(11)17)24-14-21-20-13(22(14)18)15(2,3)4/h5-8H,18H2,1-4H3,(H,19,23). The molecule has 0 saturated carbocycles. The Morgan fingerprint density at radius 3 is 2.54 bits per heavy atom. The Bertz CT molecular complexity index is 757. The lowest BCUT2D eigenvalue weighted by atomic mass is 9.96. The third-order valence-corrected chi connectivity index (χ3v) is 4.78. The maximum Gasteiger partial charge on any atom is 0.237 e. The molecule has 1 heterocycles. The van der Waals surface area contributed by atoms with E-state index < -0.39 is 5.25 Å². The molecule has 6 nitrogen and oxygen atoms in total. The highest BCUT2D eigenvalue weighted by Crippen LogP contribution is 2.28. The van der Waals surface area contributed by atoms with Gasteiger partial charge >= 0.3 is 0 Å². The number of nitrogens with two attached hydrogens (primary N) is 1. The SMILES string of the molecule is CC(Sc1nnc(C(C)(C)C)n1N)C(=O)Nc1ccc(Cl)cc1Cl. The van der Waals surface area contributed by atoms with Crippen molar-refractivity contribution in [2.24, 2.45) is 0 Å². The molecule has 0 aliphatic carbocycles. The van der Waals surface area contributed by atoms with Crippen molar-refractivity contribution in [1.82, 2.24) is 14.9 Å². The number of thioether (sulfide) groups is 1. The number of amides is 1. The third kappa shape index (κ3) is 4.34. The molecule has 1 aromatic carbocycles. The van der Waals surface area contributed by atoms with Gasteiger partial charge in [-0.15, -0.1) is 10.2 Å². The molecule has 2 rings (SSSR count). The number of hydrogen-bond donors (Lipinski definition) is 2. The summed E-state index contributed by atoms with van der Waals surface area (Å²) < 4.78 is 1.42. The van der Waals surface area contributed by atoms with Crippen LogP contribution in [-0.2, 0) is 10.2 Å². The highest BCUT2D eigenvalue weighted by Gasteiger charge is 2.25. The molecular weight excluding hydrogens is 369 g/mol. The number of carbonyl (C=O) groups excluding carboxylic acids is 1. The monoisotopic (exact) mass is 387 g/mol. The summed E-state index contributed by atoms with van der Waals surface area (Å²) in [6.45, 7) is 7.74. The van der Waals surface area contributed by atoms with Crippen molar-refractivity contribution in [3.05, 3.63) is 34.1 Å². The summed E-state index contributed by atoms with van der Waals surface area (Å²) in [7, 11) is 0. The molecule has 0 aliphatic rings. The predicted octanol–water partition coefficient (Wildman–Crippen LogP) is 3.72. The third-order valence-electron chi connectivity index (χ3n) is 3.18. The van der Waals surface area contributed by atoms with Crippen molar-refractivity contribution >= 4 is 46.6 Å². The Balaban J connectivity index is 2.08. The van der Waals surface area contributed by atoms with Crippen molar-refractivity contribution in [1.29, 1.82) is 0 Å². The first-order valence-corrected chi connectivity index (χ1v) is 8.86. The Labute approximate surface area is 155 Å². The van der Waals surface area contributed by atoms with Gasteiger partial charge in [0.15, 0.2) is 5.82 Å². The molecule has 0 bridgehead atoms. The number of rotatable bonds is 4. The predicted molar refractivity (Wildman–Crippen MR) is 99.3 cm³/mol. The maximum absolute atomic E-state index is 12.3. The molecule has 130 valence electrons. The first-order chi connectivity index (χ1) is 11.1. The van der Waals surface area contributed by atoms with E-state index >= 15 is 0 Å². The topological polar surface area (TPSA) is 85.8 Å². The lowest BCUT2D eigenvalue weighted by Gasteiger charge is -2.17. The molecule has 24 heavy (non-hydrogen) atoms. The molecule has 1 aromatic heterocycles. The van der Waals surface area contributed by atoms with Crippen LogP contribution in [-0.4, -0.2) is 26.0 Å². The van der Waals surface area contributed by atoms with Gasteiger partial charge in [0.25, 0.3) is 0 Å². The number of carbonyl (C=O) groups is 1. The van der Waals surface area contributed by atoms with Crippen LogP contribution in [0, 0.1) is 0 Å². The van der Waals surface area contributed by atoms with Crippen LogP contribution in [0.15, 0.2) is 23.4 Å². The van der Waals surface area contributed by atoms with Gasteiger partial charge in [0.2, 0.25) is 11.1 Å². The molecule has 1 amide bonds. The van der Waals surface area contributed by atoms with E-state index in [4.69, 9.17) is 29.0 Å². The van der Waals surface area contributed by atoms with Gasteiger partial charge < -0.3 is 11.2 Å². The molecule has 3 N–H and O–H groups in total. The van der Waals surface area contributed by atoms with E-state index in [1.54, 1.807) is 25.1 Å². The second-order valence-electron chi connectivity index (χ2n) is 6.30. The molecule has 0 fully saturated rings. The fourth-order valence-corrected chi connectivity index (χ4v) is 3.13. The van der Waals surface area contributed by atoms with Crippen LogP contribution in [0.1, 0.15) is 33.5 Å². The van der Waals surface area contributed by atoms with E-state index in [1.165, 1.54) is 16.4 Å². The second kappa shape index (κ2) is 7.21. The Hall–Kier alpha value is -1.44. The molecule has 9 heteroatoms. The molecular formula is C15H19Cl2N5OS. The summed E-state index contributed by atoms with van der Waals surface area (Å²) in [6, 6.07) is 4.89. The summed E-state index contributed by atoms with van der Waals surface area (Å²) in [5, 5.41) is 11.9. The zero-order valence-electron chi connectivity index (χ0n) is 13.8. The maximum atomic E-state index is 12.3. The average molecular weight is 388 g/mol. The molecule has 0 saturated heterocycles. The number of halogens is 2. The van der Waals surface area contributed by atoms with Crippen LogP contribution in [0.25, 0.3) is 0 Å². The van der Waals surface area contributed by atoms with Crippen molar-refractivity contribution in [2.75, 3.05) is 11.2 Å². The number of aromatic nitrogens is 3. The smallest absolute Gasteiger partial charge is 0.237 e. The van der Waals surface area contributed by atoms with Crippen LogP contribution >= 0.6 is 35.0 Å². The van der Waals surface area contributed by atoms with Gasteiger partial charge in [-0.1, -0.05) is 55.7 Å². The fourth-order valence-electron chi connectivity index (χ4n) is 1.91. The van der Waals surface area contributed by atoms with Gasteiger partial charge in [0.1, 0.15) is 0 Å². The number of nitrogens with zero attached hydrogens (tertiary/aromatic N) is 3. The van der Waals surface area contributed by atoms with E-state index in [1.807, 2.05) is 20.8 Å². The van der Waals surface area contributed by atoms with Crippen LogP contribution in [0.4, 0.5) is 5.69 Å². The zero-order chi connectivity index (χ0) is 18.1. The summed E-state index contributed by atoms with van der Waals surface area (Å²) >= 11 is 13.1. The first kappa shape index (κ1) is 18.9. The van der Waals surface area contributed by atoms with Crippen LogP contribution < -0.4 is 11.2 Å². The lowest BCUT2D eigenvalue weighted by Crippen LogP contribution is -2.26. The number of hydrogen-bond acceptors (Lipinski definition) is 5. The normalized spacial score (nSPS) is 12.9. The van der Waals surface area contributed by atoms with Gasteiger partial charge in [-0.2, -0.15) is 0 Å². The quantitative estimate of drug-likeness (QED) is 0.616. The molecule has 0 radical (unpaired) electrons. The van der Waals surface area contributed by atoms with Crippen LogP contribution in [0.5, 0.6) is 0 Å². The Morgan fingerprint density at radius 1 is 1.33 bits per heavy atom. The molecule has 0 spiro atoms.